The van der Waals surface area contributed by atoms with E-state index in [1.807, 2.05) is 23.5 Å². The summed E-state index contributed by atoms with van der Waals surface area (Å²) in [6.45, 7) is 0. The van der Waals surface area contributed by atoms with E-state index in [-0.39, 0.29) is 0 Å². The van der Waals surface area contributed by atoms with Crippen molar-refractivity contribution in [3.05, 3.63) is 170 Å². The Morgan fingerprint density at radius 1 is 0.317 bits per heavy atom. The maximum Gasteiger partial charge on any atom is 0.147 e. The Hall–Kier alpha value is -7.80. The smallest absolute Gasteiger partial charge is 0.147 e. The lowest BCUT2D eigenvalue weighted by molar-refractivity contribution is 0.662. The van der Waals surface area contributed by atoms with Gasteiger partial charge in [-0.1, -0.05) is 78.9 Å². The van der Waals surface area contributed by atoms with E-state index < -0.39 is 0 Å². The van der Waals surface area contributed by atoms with Gasteiger partial charge in [0, 0.05) is 74.6 Å². The quantitative estimate of drug-likeness (QED) is 0.175. The van der Waals surface area contributed by atoms with Gasteiger partial charge in [-0.05, 0) is 91.0 Å². The van der Waals surface area contributed by atoms with Gasteiger partial charge in [0.2, 0.25) is 0 Å². The van der Waals surface area contributed by atoms with Crippen LogP contribution in [-0.2, 0) is 0 Å². The highest BCUT2D eigenvalue weighted by atomic mass is 32.1. The molecule has 6 heterocycles. The van der Waals surface area contributed by atoms with E-state index in [1.165, 1.54) is 42.0 Å². The van der Waals surface area contributed by atoms with Gasteiger partial charge in [0.15, 0.2) is 0 Å². The summed E-state index contributed by atoms with van der Waals surface area (Å²) < 4.78 is 27.4. The molecule has 0 saturated heterocycles. The van der Waals surface area contributed by atoms with Crippen molar-refractivity contribution < 1.29 is 13.3 Å². The van der Waals surface area contributed by atoms with Crippen molar-refractivity contribution in [2.24, 2.45) is 0 Å². The van der Waals surface area contributed by atoms with Gasteiger partial charge in [0.1, 0.15) is 33.5 Å². The number of thiophene rings is 1. The highest BCUT2D eigenvalue weighted by molar-refractivity contribution is 7.26. The maximum atomic E-state index is 6.83. The second kappa shape index (κ2) is 11.0. The summed E-state index contributed by atoms with van der Waals surface area (Å²) in [5.41, 5.74) is 11.8. The Balaban J connectivity index is 0.954. The molecular weight excluding hydrogens is 757 g/mol. The molecule has 0 unspecified atom stereocenters. The van der Waals surface area contributed by atoms with E-state index in [9.17, 15) is 0 Å². The molecule has 0 aliphatic rings. The summed E-state index contributed by atoms with van der Waals surface area (Å²) in [7, 11) is 0. The van der Waals surface area contributed by atoms with Crippen LogP contribution in [0.25, 0.3) is 141 Å². The number of fused-ring (bicyclic) bond motifs is 21. The average molecular weight is 785 g/mol. The van der Waals surface area contributed by atoms with Crippen molar-refractivity contribution in [3.63, 3.8) is 0 Å². The molecule has 6 heteroatoms. The van der Waals surface area contributed by atoms with Gasteiger partial charge in [-0.25, -0.2) is 0 Å². The van der Waals surface area contributed by atoms with Crippen LogP contribution in [-0.4, -0.2) is 9.13 Å². The minimum Gasteiger partial charge on any atom is -0.456 e. The third-order valence-corrected chi connectivity index (χ3v) is 14.1. The SMILES string of the molecule is c1ccc2c(c1)oc1c2ccc2c1c1ccccc1n2-c1ccc2oc3ccc4c5cc(-n6c7ccccc7c7c8sc9ccccc9c8ccc76)ccc5oc4c3c2c1. The van der Waals surface area contributed by atoms with Crippen molar-refractivity contribution in [2.45, 2.75) is 0 Å². The fourth-order valence-electron chi connectivity index (χ4n) is 10.4. The van der Waals surface area contributed by atoms with Crippen LogP contribution in [0.3, 0.4) is 0 Å². The van der Waals surface area contributed by atoms with Crippen LogP contribution in [0, 0.1) is 0 Å². The Kier molecular flexibility index (Phi) is 5.74. The molecule has 0 aliphatic heterocycles. The summed E-state index contributed by atoms with van der Waals surface area (Å²) >= 11 is 1.88. The number of aromatic nitrogens is 2. The number of furan rings is 3. The molecular formula is C54H28N2O3S. The predicted octanol–water partition coefficient (Wildman–Crippen LogP) is 15.9. The minimum absolute atomic E-state index is 0.801. The van der Waals surface area contributed by atoms with Gasteiger partial charge in [-0.2, -0.15) is 0 Å². The molecule has 0 aliphatic carbocycles. The molecule has 0 bridgehead atoms. The van der Waals surface area contributed by atoms with E-state index in [4.69, 9.17) is 13.3 Å². The zero-order chi connectivity index (χ0) is 38.8. The summed E-state index contributed by atoms with van der Waals surface area (Å²) in [6, 6.07) is 60.8. The Morgan fingerprint density at radius 3 is 1.63 bits per heavy atom. The first-order valence-electron chi connectivity index (χ1n) is 20.2. The van der Waals surface area contributed by atoms with Gasteiger partial charge >= 0.3 is 0 Å². The molecule has 278 valence electrons. The van der Waals surface area contributed by atoms with Gasteiger partial charge in [0.25, 0.3) is 0 Å². The molecule has 0 atom stereocenters. The highest BCUT2D eigenvalue weighted by Crippen LogP contribution is 2.46. The molecule has 0 radical (unpaired) electrons. The molecule has 5 nitrogen and oxygen atoms in total. The molecule has 60 heavy (non-hydrogen) atoms. The predicted molar refractivity (Wildman–Crippen MR) is 250 cm³/mol. The Bertz CT molecular complexity index is 4370. The molecule has 15 aromatic rings. The van der Waals surface area contributed by atoms with Gasteiger partial charge in [-0.3, -0.25) is 0 Å². The molecule has 0 spiro atoms. The number of rotatable bonds is 2. The lowest BCUT2D eigenvalue weighted by atomic mass is 10.1. The summed E-state index contributed by atoms with van der Waals surface area (Å²) in [6.07, 6.45) is 0. The van der Waals surface area contributed by atoms with Gasteiger partial charge in [-0.15, -0.1) is 11.3 Å². The van der Waals surface area contributed by atoms with Crippen molar-refractivity contribution in [2.75, 3.05) is 0 Å². The monoisotopic (exact) mass is 784 g/mol. The fraction of sp³-hybridized carbons (Fsp3) is 0. The first-order valence-corrected chi connectivity index (χ1v) is 21.1. The van der Waals surface area contributed by atoms with Crippen LogP contribution in [0.4, 0.5) is 0 Å². The zero-order valence-corrected chi connectivity index (χ0v) is 32.5. The van der Waals surface area contributed by atoms with Crippen LogP contribution in [0.5, 0.6) is 0 Å². The van der Waals surface area contributed by atoms with Crippen LogP contribution < -0.4 is 0 Å². The molecule has 15 rings (SSSR count). The van der Waals surface area contributed by atoms with Crippen molar-refractivity contribution in [3.8, 4) is 11.4 Å². The lowest BCUT2D eigenvalue weighted by Crippen LogP contribution is -1.93. The Labute approximate surface area is 343 Å². The largest absolute Gasteiger partial charge is 0.456 e. The topological polar surface area (TPSA) is 49.3 Å². The molecule has 9 aromatic carbocycles. The van der Waals surface area contributed by atoms with Crippen molar-refractivity contribution >= 4 is 141 Å². The van der Waals surface area contributed by atoms with E-state index in [1.54, 1.807) is 0 Å². The van der Waals surface area contributed by atoms with Crippen molar-refractivity contribution in [1.82, 2.24) is 9.13 Å². The van der Waals surface area contributed by atoms with Crippen LogP contribution in [0.2, 0.25) is 0 Å². The van der Waals surface area contributed by atoms with Crippen molar-refractivity contribution in [1.29, 1.82) is 0 Å². The standard InChI is InChI=1S/C54H28N2O3S/c1-5-13-40-36(11-1)49-42(22-19-33-31-9-3-7-15-44(31)58-52(33)49)55(40)30-18-25-46-39(28-30)51-47(57-46)26-21-34-38-27-29(17-24-45(38)59-53(34)51)56-41-14-6-2-12-37(41)50-43(56)23-20-35-32-10-4-8-16-48(32)60-54(35)50/h1-28H. The fourth-order valence-corrected chi connectivity index (χ4v) is 11.6. The normalized spacial score (nSPS) is 12.7. The first-order chi connectivity index (χ1) is 29.7. The van der Waals surface area contributed by atoms with E-state index >= 15 is 0 Å². The Morgan fingerprint density at radius 2 is 0.850 bits per heavy atom. The second-order valence-corrected chi connectivity index (χ2v) is 17.0. The first kappa shape index (κ1) is 31.2. The molecule has 0 amide bonds. The van der Waals surface area contributed by atoms with Crippen LogP contribution >= 0.6 is 11.3 Å². The lowest BCUT2D eigenvalue weighted by Gasteiger charge is -2.08. The van der Waals surface area contributed by atoms with Crippen LogP contribution in [0.1, 0.15) is 0 Å². The molecule has 0 fully saturated rings. The maximum absolute atomic E-state index is 6.83. The minimum atomic E-state index is 0.801. The van der Waals surface area contributed by atoms with E-state index in [2.05, 4.69) is 167 Å². The van der Waals surface area contributed by atoms with E-state index in [0.29, 0.717) is 0 Å². The second-order valence-electron chi connectivity index (χ2n) is 16.0. The number of hydrogen-bond acceptors (Lipinski definition) is 4. The number of benzene rings is 9. The molecule has 0 N–H and O–H groups in total. The number of hydrogen-bond donors (Lipinski definition) is 0. The summed E-state index contributed by atoms with van der Waals surface area (Å²) in [5, 5.41) is 13.8. The number of para-hydroxylation sites is 3. The average Bonchev–Trinajstić information content (AvgIpc) is 4.14. The van der Waals surface area contributed by atoms with Crippen LogP contribution in [0.15, 0.2) is 183 Å². The third kappa shape index (κ3) is 3.87. The zero-order valence-electron chi connectivity index (χ0n) is 31.7. The van der Waals surface area contributed by atoms with Gasteiger partial charge in [0.05, 0.1) is 32.8 Å². The number of nitrogens with zero attached hydrogens (tertiary/aromatic N) is 2. The summed E-state index contributed by atoms with van der Waals surface area (Å²) in [4.78, 5) is 0. The summed E-state index contributed by atoms with van der Waals surface area (Å²) in [5.74, 6) is 0. The third-order valence-electron chi connectivity index (χ3n) is 12.9. The van der Waals surface area contributed by atoms with Gasteiger partial charge < -0.3 is 22.4 Å². The van der Waals surface area contributed by atoms with E-state index in [0.717, 1.165) is 99.0 Å². The molecule has 6 aromatic heterocycles. The highest BCUT2D eigenvalue weighted by Gasteiger charge is 2.22. The molecule has 0 saturated carbocycles.